The monoisotopic (exact) mass is 448 g/mol. The van der Waals surface area contributed by atoms with Crippen molar-refractivity contribution >= 4 is 21.9 Å². The van der Waals surface area contributed by atoms with Crippen LogP contribution in [-0.4, -0.2) is 49.8 Å². The van der Waals surface area contributed by atoms with E-state index in [1.165, 1.54) is 47.8 Å². The number of nitrogens with one attached hydrogen (secondary N) is 1. The predicted octanol–water partition coefficient (Wildman–Crippen LogP) is 2.96. The zero-order valence-electron chi connectivity index (χ0n) is 18.3. The average molecular weight is 449 g/mol. The molecular weight excluding hydrogens is 416 g/mol. The molecule has 1 amide bonds. The van der Waals surface area contributed by atoms with Crippen molar-refractivity contribution in [2.24, 2.45) is 17.8 Å². The summed E-state index contributed by atoms with van der Waals surface area (Å²) in [6.45, 7) is 3.99. The zero-order chi connectivity index (χ0) is 22.2. The van der Waals surface area contributed by atoms with Gasteiger partial charge in [0.2, 0.25) is 10.0 Å². The number of benzene rings is 1. The fourth-order valence-electron chi connectivity index (χ4n) is 6.29. The first-order chi connectivity index (χ1) is 14.7. The standard InChI is InChI=1S/C23H32N2O5S/c1-3-25(4-2)31(28,29)20-7-5-19(6-8-20)22(27)30-15-21(26)24-23-12-16-9-17(13-23)11-18(10-16)14-23/h5-8,16-18H,3-4,9-15H2,1-2H3,(H,24,26). The van der Waals surface area contributed by atoms with Gasteiger partial charge in [-0.15, -0.1) is 0 Å². The molecule has 0 aliphatic heterocycles. The van der Waals surface area contributed by atoms with Gasteiger partial charge in [0, 0.05) is 18.6 Å². The van der Waals surface area contributed by atoms with Crippen molar-refractivity contribution in [3.8, 4) is 0 Å². The summed E-state index contributed by atoms with van der Waals surface area (Å²) in [6, 6.07) is 5.66. The first-order valence-electron chi connectivity index (χ1n) is 11.3. The van der Waals surface area contributed by atoms with Crippen LogP contribution in [-0.2, 0) is 19.6 Å². The van der Waals surface area contributed by atoms with Crippen molar-refractivity contribution in [1.29, 1.82) is 0 Å². The molecule has 4 saturated carbocycles. The van der Waals surface area contributed by atoms with Crippen LogP contribution in [0, 0.1) is 17.8 Å². The molecule has 0 aromatic heterocycles. The summed E-state index contributed by atoms with van der Waals surface area (Å²) < 4.78 is 31.7. The van der Waals surface area contributed by atoms with Crippen LogP contribution in [0.1, 0.15) is 62.7 Å². The fraction of sp³-hybridized carbons (Fsp3) is 0.652. The van der Waals surface area contributed by atoms with Gasteiger partial charge in [0.25, 0.3) is 5.91 Å². The molecule has 0 heterocycles. The van der Waals surface area contributed by atoms with Crippen molar-refractivity contribution in [3.63, 3.8) is 0 Å². The Morgan fingerprint density at radius 3 is 2.00 bits per heavy atom. The molecule has 170 valence electrons. The number of hydrogen-bond donors (Lipinski definition) is 1. The number of esters is 1. The lowest BCUT2D eigenvalue weighted by atomic mass is 9.53. The maximum absolute atomic E-state index is 12.5. The van der Waals surface area contributed by atoms with Gasteiger partial charge in [-0.3, -0.25) is 4.79 Å². The van der Waals surface area contributed by atoms with E-state index in [1.807, 2.05) is 0 Å². The van der Waals surface area contributed by atoms with Crippen LogP contribution in [0.3, 0.4) is 0 Å². The first kappa shape index (κ1) is 22.3. The zero-order valence-corrected chi connectivity index (χ0v) is 19.1. The number of sulfonamides is 1. The number of carbonyl (C=O) groups is 2. The van der Waals surface area contributed by atoms with Crippen LogP contribution in [0.25, 0.3) is 0 Å². The molecule has 31 heavy (non-hydrogen) atoms. The second kappa shape index (κ2) is 8.54. The van der Waals surface area contributed by atoms with Crippen LogP contribution in [0.15, 0.2) is 29.2 Å². The predicted molar refractivity (Wildman–Crippen MR) is 116 cm³/mol. The lowest BCUT2D eigenvalue weighted by Crippen LogP contribution is -2.60. The molecule has 0 unspecified atom stereocenters. The van der Waals surface area contributed by atoms with Gasteiger partial charge in [-0.05, 0) is 80.5 Å². The maximum Gasteiger partial charge on any atom is 0.338 e. The number of hydrogen-bond acceptors (Lipinski definition) is 5. The van der Waals surface area contributed by atoms with E-state index >= 15 is 0 Å². The van der Waals surface area contributed by atoms with Gasteiger partial charge < -0.3 is 10.1 Å². The lowest BCUT2D eigenvalue weighted by Gasteiger charge is -2.56. The third-order valence-corrected chi connectivity index (χ3v) is 9.27. The van der Waals surface area contributed by atoms with Gasteiger partial charge in [0.1, 0.15) is 0 Å². The number of rotatable bonds is 8. The van der Waals surface area contributed by atoms with Gasteiger partial charge in [-0.1, -0.05) is 13.8 Å². The van der Waals surface area contributed by atoms with E-state index in [-0.39, 0.29) is 28.5 Å². The Kier molecular flexibility index (Phi) is 6.14. The third-order valence-electron chi connectivity index (χ3n) is 7.21. The van der Waals surface area contributed by atoms with E-state index in [4.69, 9.17) is 4.74 Å². The summed E-state index contributed by atoms with van der Waals surface area (Å²) in [5, 5.41) is 3.18. The highest BCUT2D eigenvalue weighted by atomic mass is 32.2. The molecule has 4 aliphatic carbocycles. The Morgan fingerprint density at radius 1 is 1.00 bits per heavy atom. The third kappa shape index (κ3) is 4.51. The van der Waals surface area contributed by atoms with Gasteiger partial charge in [-0.2, -0.15) is 4.31 Å². The normalized spacial score (nSPS) is 29.2. The highest BCUT2D eigenvalue weighted by Gasteiger charge is 2.51. The van der Waals surface area contributed by atoms with Crippen molar-refractivity contribution < 1.29 is 22.7 Å². The van der Waals surface area contributed by atoms with Gasteiger partial charge in [0.15, 0.2) is 6.61 Å². The summed E-state index contributed by atoms with van der Waals surface area (Å²) in [6.07, 6.45) is 7.02. The number of carbonyl (C=O) groups excluding carboxylic acids is 2. The SMILES string of the molecule is CCN(CC)S(=O)(=O)c1ccc(C(=O)OCC(=O)NC23CC4CC(CC(C4)C2)C3)cc1. The Labute approximate surface area is 184 Å². The van der Waals surface area contributed by atoms with Gasteiger partial charge >= 0.3 is 5.97 Å². The molecule has 0 spiro atoms. The van der Waals surface area contributed by atoms with Crippen LogP contribution < -0.4 is 5.32 Å². The quantitative estimate of drug-likeness (QED) is 0.617. The lowest BCUT2D eigenvalue weighted by molar-refractivity contribution is -0.130. The molecule has 0 atom stereocenters. The van der Waals surface area contributed by atoms with Crippen LogP contribution in [0.5, 0.6) is 0 Å². The fourth-order valence-corrected chi connectivity index (χ4v) is 7.74. The highest BCUT2D eigenvalue weighted by Crippen LogP contribution is 2.55. The number of nitrogens with zero attached hydrogens (tertiary/aromatic N) is 1. The van der Waals surface area contributed by atoms with Crippen molar-refractivity contribution in [2.75, 3.05) is 19.7 Å². The van der Waals surface area contributed by atoms with Crippen molar-refractivity contribution in [3.05, 3.63) is 29.8 Å². The molecule has 1 N–H and O–H groups in total. The minimum atomic E-state index is -3.58. The van der Waals surface area contributed by atoms with E-state index in [9.17, 15) is 18.0 Å². The Hall–Kier alpha value is -1.93. The molecule has 0 radical (unpaired) electrons. The Bertz CT molecular complexity index is 902. The summed E-state index contributed by atoms with van der Waals surface area (Å²) in [5.41, 5.74) is 0.111. The van der Waals surface area contributed by atoms with Gasteiger partial charge in [0.05, 0.1) is 10.5 Å². The molecule has 4 bridgehead atoms. The second-order valence-corrected chi connectivity index (χ2v) is 11.4. The Balaban J connectivity index is 1.32. The largest absolute Gasteiger partial charge is 0.452 e. The molecule has 5 rings (SSSR count). The molecule has 4 aliphatic rings. The van der Waals surface area contributed by atoms with Crippen LogP contribution >= 0.6 is 0 Å². The first-order valence-corrected chi connectivity index (χ1v) is 12.8. The van der Waals surface area contributed by atoms with Gasteiger partial charge in [-0.25, -0.2) is 13.2 Å². The maximum atomic E-state index is 12.5. The van der Waals surface area contributed by atoms with E-state index < -0.39 is 16.0 Å². The second-order valence-electron chi connectivity index (χ2n) is 9.44. The summed E-state index contributed by atoms with van der Waals surface area (Å²) >= 11 is 0. The molecule has 8 heteroatoms. The minimum Gasteiger partial charge on any atom is -0.452 e. The molecule has 7 nitrogen and oxygen atoms in total. The molecular formula is C23H32N2O5S. The minimum absolute atomic E-state index is 0.112. The Morgan fingerprint density at radius 2 is 1.52 bits per heavy atom. The average Bonchev–Trinajstić information content (AvgIpc) is 2.71. The molecule has 0 saturated heterocycles. The van der Waals surface area contributed by atoms with Crippen molar-refractivity contribution in [2.45, 2.75) is 62.8 Å². The topological polar surface area (TPSA) is 92.8 Å². The van der Waals surface area contributed by atoms with Crippen LogP contribution in [0.2, 0.25) is 0 Å². The van der Waals surface area contributed by atoms with Crippen LogP contribution in [0.4, 0.5) is 0 Å². The van der Waals surface area contributed by atoms with Crippen molar-refractivity contribution in [1.82, 2.24) is 9.62 Å². The summed E-state index contributed by atoms with van der Waals surface area (Å²) in [7, 11) is -3.58. The smallest absolute Gasteiger partial charge is 0.338 e. The van der Waals surface area contributed by atoms with E-state index in [1.54, 1.807) is 13.8 Å². The summed E-state index contributed by atoms with van der Waals surface area (Å²) in [5.74, 6) is 1.28. The molecule has 1 aromatic carbocycles. The molecule has 4 fully saturated rings. The highest BCUT2D eigenvalue weighted by molar-refractivity contribution is 7.89. The molecule has 1 aromatic rings. The number of amides is 1. The van der Waals surface area contributed by atoms with E-state index in [0.717, 1.165) is 37.0 Å². The van der Waals surface area contributed by atoms with E-state index in [2.05, 4.69) is 5.32 Å². The number of ether oxygens (including phenoxy) is 1. The summed E-state index contributed by atoms with van der Waals surface area (Å²) in [4.78, 5) is 25.0. The van der Waals surface area contributed by atoms with E-state index in [0.29, 0.717) is 13.1 Å².